The molecule has 2 amide bonds. The van der Waals surface area contributed by atoms with Gasteiger partial charge in [-0.05, 0) is 11.6 Å². The number of benzene rings is 1. The van der Waals surface area contributed by atoms with Crippen LogP contribution in [0.15, 0.2) is 42.9 Å². The Hall–Kier alpha value is -3.49. The number of aromatic nitrogens is 5. The van der Waals surface area contributed by atoms with Crippen LogP contribution < -0.4 is 10.6 Å². The molecule has 3 aromatic rings. The first kappa shape index (κ1) is 16.4. The zero-order valence-corrected chi connectivity index (χ0v) is 13.8. The van der Waals surface area contributed by atoms with Crippen LogP contribution in [0.4, 0.5) is 5.82 Å². The number of anilines is 1. The van der Waals surface area contributed by atoms with Crippen molar-refractivity contribution >= 4 is 17.6 Å². The predicted molar refractivity (Wildman–Crippen MR) is 90.7 cm³/mol. The van der Waals surface area contributed by atoms with Crippen molar-refractivity contribution < 1.29 is 9.59 Å². The second kappa shape index (κ2) is 6.95. The van der Waals surface area contributed by atoms with Crippen LogP contribution >= 0.6 is 0 Å². The lowest BCUT2D eigenvalue weighted by Crippen LogP contribution is -2.19. The van der Waals surface area contributed by atoms with Crippen LogP contribution in [0, 0.1) is 0 Å². The lowest BCUT2D eigenvalue weighted by molar-refractivity contribution is -0.116. The van der Waals surface area contributed by atoms with Gasteiger partial charge in [-0.25, -0.2) is 0 Å². The van der Waals surface area contributed by atoms with Crippen molar-refractivity contribution in [1.82, 2.24) is 30.1 Å². The highest BCUT2D eigenvalue weighted by atomic mass is 16.2. The molecule has 0 saturated heterocycles. The molecule has 0 aliphatic rings. The van der Waals surface area contributed by atoms with Gasteiger partial charge in [0.2, 0.25) is 5.91 Å². The monoisotopic (exact) mass is 339 g/mol. The first-order valence-corrected chi connectivity index (χ1v) is 7.57. The quantitative estimate of drug-likeness (QED) is 0.711. The summed E-state index contributed by atoms with van der Waals surface area (Å²) in [7, 11) is 3.25. The average Bonchev–Trinajstić information content (AvgIpc) is 3.23. The maximum atomic E-state index is 12.0. The maximum Gasteiger partial charge on any atom is 0.251 e. The minimum atomic E-state index is -0.269. The van der Waals surface area contributed by atoms with Crippen LogP contribution in [0.1, 0.15) is 10.4 Å². The molecular formula is C16H17N7O2. The summed E-state index contributed by atoms with van der Waals surface area (Å²) in [5, 5.41) is 17.3. The zero-order chi connectivity index (χ0) is 17.8. The number of hydrogen-bond acceptors (Lipinski definition) is 5. The molecule has 3 rings (SSSR count). The molecule has 128 valence electrons. The summed E-state index contributed by atoms with van der Waals surface area (Å²) >= 11 is 0. The summed E-state index contributed by atoms with van der Waals surface area (Å²) < 4.78 is 1.50. The largest absolute Gasteiger partial charge is 0.355 e. The Morgan fingerprint density at radius 3 is 2.68 bits per heavy atom. The zero-order valence-electron chi connectivity index (χ0n) is 13.8. The fourth-order valence-electron chi connectivity index (χ4n) is 2.39. The van der Waals surface area contributed by atoms with Crippen molar-refractivity contribution in [3.05, 3.63) is 48.4 Å². The van der Waals surface area contributed by atoms with Gasteiger partial charge in [-0.15, -0.1) is 5.10 Å². The summed E-state index contributed by atoms with van der Waals surface area (Å²) in [5.74, 6) is -0.0664. The van der Waals surface area contributed by atoms with Crippen molar-refractivity contribution in [2.75, 3.05) is 12.4 Å². The Kier molecular flexibility index (Phi) is 4.55. The smallest absolute Gasteiger partial charge is 0.251 e. The van der Waals surface area contributed by atoms with Gasteiger partial charge in [0.1, 0.15) is 6.54 Å². The standard InChI is InChI=1S/C16H17N7O2/c1-17-16(25)13-6-4-3-5-12(13)11-7-19-23(9-11)10-15(24)20-14-8-18-22(2)21-14/h3-9H,10H2,1-2H3,(H,17,25)(H,20,21,24). The van der Waals surface area contributed by atoms with Crippen LogP contribution in [-0.2, 0) is 18.4 Å². The Morgan fingerprint density at radius 1 is 1.16 bits per heavy atom. The third-order valence-electron chi connectivity index (χ3n) is 3.52. The third kappa shape index (κ3) is 3.71. The molecule has 0 atom stereocenters. The molecule has 2 aromatic heterocycles. The van der Waals surface area contributed by atoms with Gasteiger partial charge in [-0.3, -0.25) is 14.3 Å². The van der Waals surface area contributed by atoms with Gasteiger partial charge in [0, 0.05) is 31.4 Å². The van der Waals surface area contributed by atoms with E-state index in [2.05, 4.69) is 25.9 Å². The van der Waals surface area contributed by atoms with Crippen molar-refractivity contribution in [3.63, 3.8) is 0 Å². The Bertz CT molecular complexity index is 913. The van der Waals surface area contributed by atoms with Gasteiger partial charge in [0.15, 0.2) is 5.82 Å². The van der Waals surface area contributed by atoms with Crippen LogP contribution in [0.3, 0.4) is 0 Å². The molecule has 1 aromatic carbocycles. The molecular weight excluding hydrogens is 322 g/mol. The average molecular weight is 339 g/mol. The molecule has 0 bridgehead atoms. The molecule has 2 heterocycles. The van der Waals surface area contributed by atoms with E-state index in [-0.39, 0.29) is 18.4 Å². The van der Waals surface area contributed by atoms with Gasteiger partial charge in [-0.2, -0.15) is 15.0 Å². The summed E-state index contributed by atoms with van der Waals surface area (Å²) in [6, 6.07) is 7.23. The van der Waals surface area contributed by atoms with E-state index in [1.807, 2.05) is 12.1 Å². The molecule has 9 nitrogen and oxygen atoms in total. The highest BCUT2D eigenvalue weighted by Gasteiger charge is 2.13. The number of rotatable bonds is 5. The molecule has 0 aliphatic heterocycles. The number of carbonyl (C=O) groups excluding carboxylic acids is 2. The van der Waals surface area contributed by atoms with E-state index in [1.165, 1.54) is 15.7 Å². The minimum Gasteiger partial charge on any atom is -0.355 e. The van der Waals surface area contributed by atoms with Gasteiger partial charge in [0.05, 0.1) is 12.4 Å². The SMILES string of the molecule is CNC(=O)c1ccccc1-c1cnn(CC(=O)Nc2cnn(C)n2)c1. The Morgan fingerprint density at radius 2 is 1.96 bits per heavy atom. The fraction of sp³-hybridized carbons (Fsp3) is 0.188. The third-order valence-corrected chi connectivity index (χ3v) is 3.52. The van der Waals surface area contributed by atoms with Gasteiger partial charge in [-0.1, -0.05) is 18.2 Å². The molecule has 0 saturated carbocycles. The van der Waals surface area contributed by atoms with E-state index < -0.39 is 0 Å². The highest BCUT2D eigenvalue weighted by Crippen LogP contribution is 2.23. The van der Waals surface area contributed by atoms with Crippen LogP contribution in [0.25, 0.3) is 11.1 Å². The molecule has 25 heavy (non-hydrogen) atoms. The molecule has 9 heteroatoms. The molecule has 0 fully saturated rings. The predicted octanol–water partition coefficient (Wildman–Crippen LogP) is 0.677. The van der Waals surface area contributed by atoms with E-state index in [1.54, 1.807) is 38.6 Å². The van der Waals surface area contributed by atoms with Crippen LogP contribution in [0.5, 0.6) is 0 Å². The summed E-state index contributed by atoms with van der Waals surface area (Å²) in [6.07, 6.45) is 4.81. The van der Waals surface area contributed by atoms with Crippen molar-refractivity contribution in [2.45, 2.75) is 6.54 Å². The molecule has 0 radical (unpaired) electrons. The van der Waals surface area contributed by atoms with E-state index in [0.717, 1.165) is 11.1 Å². The minimum absolute atomic E-state index is 0.0265. The van der Waals surface area contributed by atoms with Crippen molar-refractivity contribution in [1.29, 1.82) is 0 Å². The lowest BCUT2D eigenvalue weighted by Gasteiger charge is -2.06. The second-order valence-electron chi connectivity index (χ2n) is 5.32. The van der Waals surface area contributed by atoms with E-state index in [0.29, 0.717) is 11.4 Å². The number of aryl methyl sites for hydroxylation is 1. The van der Waals surface area contributed by atoms with E-state index in [9.17, 15) is 9.59 Å². The molecule has 0 aliphatic carbocycles. The first-order chi connectivity index (χ1) is 12.1. The van der Waals surface area contributed by atoms with Crippen molar-refractivity contribution in [3.8, 4) is 11.1 Å². The van der Waals surface area contributed by atoms with Crippen LogP contribution in [-0.4, -0.2) is 43.6 Å². The summed E-state index contributed by atoms with van der Waals surface area (Å²) in [6.45, 7) is 0.0265. The van der Waals surface area contributed by atoms with Crippen molar-refractivity contribution in [2.24, 2.45) is 7.05 Å². The van der Waals surface area contributed by atoms with Gasteiger partial charge >= 0.3 is 0 Å². The number of carbonyl (C=O) groups is 2. The lowest BCUT2D eigenvalue weighted by atomic mass is 10.0. The van der Waals surface area contributed by atoms with Crippen LogP contribution in [0.2, 0.25) is 0 Å². The maximum absolute atomic E-state index is 12.0. The first-order valence-electron chi connectivity index (χ1n) is 7.57. The topological polar surface area (TPSA) is 107 Å². The molecule has 2 N–H and O–H groups in total. The number of amides is 2. The number of hydrogen-bond donors (Lipinski definition) is 2. The number of nitrogens with one attached hydrogen (secondary N) is 2. The summed E-state index contributed by atoms with van der Waals surface area (Å²) in [4.78, 5) is 25.4. The normalized spacial score (nSPS) is 10.5. The Balaban J connectivity index is 1.75. The Labute approximate surface area is 143 Å². The van der Waals surface area contributed by atoms with Gasteiger partial charge < -0.3 is 10.6 Å². The fourth-order valence-corrected chi connectivity index (χ4v) is 2.39. The summed E-state index contributed by atoms with van der Waals surface area (Å²) in [5.41, 5.74) is 2.06. The van der Waals surface area contributed by atoms with E-state index in [4.69, 9.17) is 0 Å². The molecule has 0 unspecified atom stereocenters. The second-order valence-corrected chi connectivity index (χ2v) is 5.32. The highest BCUT2D eigenvalue weighted by molar-refractivity contribution is 6.00. The van der Waals surface area contributed by atoms with Gasteiger partial charge in [0.25, 0.3) is 5.91 Å². The number of nitrogens with zero attached hydrogens (tertiary/aromatic N) is 5. The van der Waals surface area contributed by atoms with E-state index >= 15 is 0 Å². The molecule has 0 spiro atoms.